The lowest BCUT2D eigenvalue weighted by molar-refractivity contribution is -0.141. The highest BCUT2D eigenvalue weighted by Crippen LogP contribution is 2.36. The zero-order valence-corrected chi connectivity index (χ0v) is 18.0. The van der Waals surface area contributed by atoms with Crippen molar-refractivity contribution in [2.24, 2.45) is 0 Å². The summed E-state index contributed by atoms with van der Waals surface area (Å²) in [5.74, 6) is -6.79. The molecule has 0 amide bonds. The van der Waals surface area contributed by atoms with Gasteiger partial charge in [-0.3, -0.25) is 4.98 Å². The molecule has 2 N–H and O–H groups in total. The Balaban J connectivity index is 1.71. The Labute approximate surface area is 194 Å². The SMILES string of the molecule is CC(F)(F)c1cc(Nc2nc(N[C@H]3CCC(F)(F)C3)nc(-c3cccc(C(F)(F)F)n3)n2)ccn1. The zero-order valence-electron chi connectivity index (χ0n) is 18.0. The highest BCUT2D eigenvalue weighted by molar-refractivity contribution is 5.59. The molecule has 7 nitrogen and oxygen atoms in total. The van der Waals surface area contributed by atoms with Crippen molar-refractivity contribution in [1.29, 1.82) is 0 Å². The molecule has 0 unspecified atom stereocenters. The maximum Gasteiger partial charge on any atom is 0.433 e. The second-order valence-electron chi connectivity index (χ2n) is 8.10. The summed E-state index contributed by atoms with van der Waals surface area (Å²) >= 11 is 0. The molecule has 0 aliphatic heterocycles. The maximum atomic E-state index is 13.6. The third-order valence-corrected chi connectivity index (χ3v) is 5.11. The van der Waals surface area contributed by atoms with Crippen LogP contribution in [-0.4, -0.2) is 36.9 Å². The number of halogens is 7. The van der Waals surface area contributed by atoms with Crippen molar-refractivity contribution in [3.8, 4) is 11.5 Å². The van der Waals surface area contributed by atoms with Crippen LogP contribution in [0.3, 0.4) is 0 Å². The second-order valence-corrected chi connectivity index (χ2v) is 8.10. The van der Waals surface area contributed by atoms with Crippen LogP contribution in [0, 0.1) is 0 Å². The minimum Gasteiger partial charge on any atom is -0.351 e. The number of pyridine rings is 2. The van der Waals surface area contributed by atoms with Crippen LogP contribution in [0.5, 0.6) is 0 Å². The van der Waals surface area contributed by atoms with Gasteiger partial charge in [-0.15, -0.1) is 0 Å². The normalized spacial score (nSPS) is 17.9. The van der Waals surface area contributed by atoms with Gasteiger partial charge in [-0.25, -0.2) is 13.8 Å². The fraction of sp³-hybridized carbons (Fsp3) is 0.381. The first kappa shape index (κ1) is 24.5. The molecule has 3 aromatic rings. The molecular formula is C21H18F7N7. The maximum absolute atomic E-state index is 13.6. The predicted octanol–water partition coefficient (Wildman–Crippen LogP) is 5.80. The van der Waals surface area contributed by atoms with Crippen LogP contribution in [0.15, 0.2) is 36.5 Å². The summed E-state index contributed by atoms with van der Waals surface area (Å²) in [6.07, 6.45) is -4.28. The molecule has 4 rings (SSSR count). The summed E-state index contributed by atoms with van der Waals surface area (Å²) in [7, 11) is 0. The lowest BCUT2D eigenvalue weighted by atomic mass is 10.2. The van der Waals surface area contributed by atoms with E-state index in [-0.39, 0.29) is 41.9 Å². The van der Waals surface area contributed by atoms with E-state index in [2.05, 4.69) is 35.6 Å². The minimum absolute atomic E-state index is 0.115. The van der Waals surface area contributed by atoms with E-state index in [0.717, 1.165) is 24.4 Å². The lowest BCUT2D eigenvalue weighted by Gasteiger charge is -2.15. The van der Waals surface area contributed by atoms with E-state index >= 15 is 0 Å². The minimum atomic E-state index is -4.72. The average Bonchev–Trinajstić information content (AvgIpc) is 3.10. The smallest absolute Gasteiger partial charge is 0.351 e. The van der Waals surface area contributed by atoms with Crippen molar-refractivity contribution in [1.82, 2.24) is 24.9 Å². The first-order valence-electron chi connectivity index (χ1n) is 10.3. The van der Waals surface area contributed by atoms with E-state index in [0.29, 0.717) is 6.92 Å². The fourth-order valence-corrected chi connectivity index (χ4v) is 3.46. The lowest BCUT2D eigenvalue weighted by Crippen LogP contribution is -2.21. The molecule has 14 heteroatoms. The molecule has 3 aromatic heterocycles. The first-order chi connectivity index (χ1) is 16.3. The zero-order chi connectivity index (χ0) is 25.4. The molecule has 35 heavy (non-hydrogen) atoms. The van der Waals surface area contributed by atoms with Crippen LogP contribution in [0.1, 0.15) is 37.6 Å². The average molecular weight is 501 g/mol. The Hall–Kier alpha value is -3.58. The topological polar surface area (TPSA) is 88.5 Å². The van der Waals surface area contributed by atoms with Crippen LogP contribution in [0.2, 0.25) is 0 Å². The molecule has 0 saturated heterocycles. The van der Waals surface area contributed by atoms with Gasteiger partial charge in [-0.1, -0.05) is 6.07 Å². The number of hydrogen-bond donors (Lipinski definition) is 2. The number of nitrogens with zero attached hydrogens (tertiary/aromatic N) is 5. The van der Waals surface area contributed by atoms with E-state index in [9.17, 15) is 30.7 Å². The van der Waals surface area contributed by atoms with Crippen molar-refractivity contribution in [2.45, 2.75) is 50.2 Å². The second kappa shape index (κ2) is 8.89. The molecule has 1 atom stereocenters. The van der Waals surface area contributed by atoms with Crippen LogP contribution in [-0.2, 0) is 12.1 Å². The number of hydrogen-bond acceptors (Lipinski definition) is 7. The van der Waals surface area contributed by atoms with Crippen LogP contribution < -0.4 is 10.6 Å². The van der Waals surface area contributed by atoms with E-state index in [1.807, 2.05) is 0 Å². The largest absolute Gasteiger partial charge is 0.433 e. The van der Waals surface area contributed by atoms with Crippen molar-refractivity contribution < 1.29 is 30.7 Å². The van der Waals surface area contributed by atoms with Crippen molar-refractivity contribution >= 4 is 17.6 Å². The third-order valence-electron chi connectivity index (χ3n) is 5.11. The quantitative estimate of drug-likeness (QED) is 0.413. The van der Waals surface area contributed by atoms with E-state index in [1.165, 1.54) is 12.1 Å². The van der Waals surface area contributed by atoms with E-state index in [1.54, 1.807) is 0 Å². The summed E-state index contributed by atoms with van der Waals surface area (Å²) in [6, 6.07) is 4.85. The standard InChI is InChI=1S/C21H18F7N7/c1-19(22,23)15-9-11(6-8-29-15)30-17-33-16(13-3-2-4-14(32-13)21(26,27)28)34-18(35-17)31-12-5-7-20(24,25)10-12/h2-4,6,8-9,12H,5,7,10H2,1H3,(H2,29,30,31,33,34,35)/t12-/m0/s1. The first-order valence-corrected chi connectivity index (χ1v) is 10.3. The summed E-state index contributed by atoms with van der Waals surface area (Å²) in [4.78, 5) is 19.3. The number of anilines is 3. The van der Waals surface area contributed by atoms with Gasteiger partial charge in [0.05, 0.1) is 0 Å². The summed E-state index contributed by atoms with van der Waals surface area (Å²) < 4.78 is 93.9. The Bertz CT molecular complexity index is 1210. The van der Waals surface area contributed by atoms with Gasteiger partial charge in [0.25, 0.3) is 5.92 Å². The Morgan fingerprint density at radius 3 is 2.34 bits per heavy atom. The third kappa shape index (κ3) is 6.11. The molecule has 186 valence electrons. The molecular weight excluding hydrogens is 483 g/mol. The van der Waals surface area contributed by atoms with Gasteiger partial charge < -0.3 is 10.6 Å². The molecule has 0 aromatic carbocycles. The molecule has 3 heterocycles. The number of nitrogens with one attached hydrogen (secondary N) is 2. The molecule has 1 aliphatic rings. The van der Waals surface area contributed by atoms with Gasteiger partial charge in [-0.2, -0.15) is 36.9 Å². The number of alkyl halides is 7. The van der Waals surface area contributed by atoms with Gasteiger partial charge >= 0.3 is 6.18 Å². The summed E-state index contributed by atoms with van der Waals surface area (Å²) in [6.45, 7) is 0.666. The molecule has 0 spiro atoms. The van der Waals surface area contributed by atoms with Crippen molar-refractivity contribution in [2.75, 3.05) is 10.6 Å². The molecule has 1 saturated carbocycles. The van der Waals surface area contributed by atoms with Crippen LogP contribution in [0.4, 0.5) is 48.3 Å². The summed E-state index contributed by atoms with van der Waals surface area (Å²) in [5, 5.41) is 5.43. The van der Waals surface area contributed by atoms with Gasteiger partial charge in [0.15, 0.2) is 5.82 Å². The highest BCUT2D eigenvalue weighted by Gasteiger charge is 2.40. The molecule has 1 aliphatic carbocycles. The molecule has 0 bridgehead atoms. The van der Waals surface area contributed by atoms with Gasteiger partial charge in [-0.05, 0) is 30.7 Å². The van der Waals surface area contributed by atoms with Gasteiger partial charge in [0.1, 0.15) is 17.1 Å². The predicted molar refractivity (Wildman–Crippen MR) is 111 cm³/mol. The molecule has 1 fully saturated rings. The number of rotatable bonds is 6. The number of aromatic nitrogens is 5. The monoisotopic (exact) mass is 501 g/mol. The Kier molecular flexibility index (Phi) is 6.23. The van der Waals surface area contributed by atoms with Crippen molar-refractivity contribution in [3.05, 3.63) is 47.9 Å². The summed E-state index contributed by atoms with van der Waals surface area (Å²) in [5.41, 5.74) is -1.86. The fourth-order valence-electron chi connectivity index (χ4n) is 3.46. The van der Waals surface area contributed by atoms with E-state index in [4.69, 9.17) is 0 Å². The van der Waals surface area contributed by atoms with Gasteiger partial charge in [0, 0.05) is 37.7 Å². The molecule has 0 radical (unpaired) electrons. The van der Waals surface area contributed by atoms with Gasteiger partial charge in [0.2, 0.25) is 17.8 Å². The van der Waals surface area contributed by atoms with Crippen molar-refractivity contribution in [3.63, 3.8) is 0 Å². The highest BCUT2D eigenvalue weighted by atomic mass is 19.4. The Morgan fingerprint density at radius 2 is 1.69 bits per heavy atom. The van der Waals surface area contributed by atoms with E-state index < -0.39 is 41.9 Å². The Morgan fingerprint density at radius 1 is 0.943 bits per heavy atom. The van der Waals surface area contributed by atoms with Crippen LogP contribution >= 0.6 is 0 Å². The van der Waals surface area contributed by atoms with Crippen LogP contribution in [0.25, 0.3) is 11.5 Å².